The molecule has 0 fully saturated rings. The number of methoxy groups -OCH3 is 1. The lowest BCUT2D eigenvalue weighted by Gasteiger charge is -2.08. The third-order valence-corrected chi connectivity index (χ3v) is 3.79. The highest BCUT2D eigenvalue weighted by Gasteiger charge is 2.09. The van der Waals surface area contributed by atoms with Gasteiger partial charge in [-0.2, -0.15) is 0 Å². The van der Waals surface area contributed by atoms with Crippen LogP contribution in [0.5, 0.6) is 5.75 Å². The van der Waals surface area contributed by atoms with Crippen molar-refractivity contribution in [2.24, 2.45) is 0 Å². The van der Waals surface area contributed by atoms with Gasteiger partial charge >= 0.3 is 5.63 Å². The lowest BCUT2D eigenvalue weighted by Crippen LogP contribution is -2.25. The second-order valence-corrected chi connectivity index (χ2v) is 5.53. The van der Waals surface area contributed by atoms with Crippen molar-refractivity contribution in [1.82, 2.24) is 5.32 Å². The molecule has 6 heteroatoms. The summed E-state index contributed by atoms with van der Waals surface area (Å²) in [7, 11) is 1.58. The molecule has 0 radical (unpaired) electrons. The molecular weight excluding hydrogens is 325 g/mol. The summed E-state index contributed by atoms with van der Waals surface area (Å²) < 4.78 is 23.3. The van der Waals surface area contributed by atoms with Crippen molar-refractivity contribution in [1.29, 1.82) is 0 Å². The number of ether oxygens (including phenoxy) is 1. The molecule has 0 atom stereocenters. The van der Waals surface area contributed by atoms with Crippen molar-refractivity contribution in [2.45, 2.75) is 13.0 Å². The highest BCUT2D eigenvalue weighted by Crippen LogP contribution is 2.18. The fraction of sp³-hybridized carbons (Fsp3) is 0.158. The van der Waals surface area contributed by atoms with Crippen LogP contribution in [0.25, 0.3) is 11.0 Å². The molecule has 0 aliphatic rings. The molecule has 1 aromatic heterocycles. The van der Waals surface area contributed by atoms with Crippen LogP contribution >= 0.6 is 0 Å². The monoisotopic (exact) mass is 341 g/mol. The highest BCUT2D eigenvalue weighted by atomic mass is 19.1. The van der Waals surface area contributed by atoms with E-state index in [0.717, 1.165) is 17.4 Å². The van der Waals surface area contributed by atoms with Gasteiger partial charge in [-0.05, 0) is 35.4 Å². The van der Waals surface area contributed by atoms with Gasteiger partial charge in [0.1, 0.15) is 17.1 Å². The number of carbonyl (C=O) groups excluding carboxylic acids is 1. The Balaban J connectivity index is 1.71. The molecule has 1 amide bonds. The first-order valence-corrected chi connectivity index (χ1v) is 7.67. The molecule has 0 aliphatic heterocycles. The molecule has 0 aliphatic carbocycles. The first-order valence-electron chi connectivity index (χ1n) is 7.67. The quantitative estimate of drug-likeness (QED) is 0.725. The molecule has 1 N–H and O–H groups in total. The molecule has 0 saturated heterocycles. The van der Waals surface area contributed by atoms with Crippen LogP contribution in [0, 0.1) is 5.82 Å². The van der Waals surface area contributed by atoms with Gasteiger partial charge in [-0.3, -0.25) is 4.79 Å². The molecule has 0 spiro atoms. The van der Waals surface area contributed by atoms with Gasteiger partial charge in [0.25, 0.3) is 0 Å². The van der Waals surface area contributed by atoms with E-state index in [1.807, 2.05) is 12.1 Å². The van der Waals surface area contributed by atoms with E-state index in [9.17, 15) is 14.0 Å². The standard InChI is InChI=1S/C19H16FNO4/c1-24-15-5-2-12(3-6-15)8-18(22)21-11-13-9-19(23)25-17-10-14(20)4-7-16(13)17/h2-7,9-10H,8,11H2,1H3,(H,21,22). The third-order valence-electron chi connectivity index (χ3n) is 3.79. The number of hydrogen-bond acceptors (Lipinski definition) is 4. The van der Waals surface area contributed by atoms with E-state index >= 15 is 0 Å². The number of amides is 1. The Morgan fingerprint density at radius 1 is 1.16 bits per heavy atom. The number of hydrogen-bond donors (Lipinski definition) is 1. The maximum atomic E-state index is 13.3. The fourth-order valence-corrected chi connectivity index (χ4v) is 2.54. The van der Waals surface area contributed by atoms with Gasteiger partial charge in [-0.15, -0.1) is 0 Å². The average Bonchev–Trinajstić information content (AvgIpc) is 2.59. The van der Waals surface area contributed by atoms with Crippen molar-refractivity contribution in [3.63, 3.8) is 0 Å². The molecule has 0 saturated carbocycles. The summed E-state index contributed by atoms with van der Waals surface area (Å²) >= 11 is 0. The Labute approximate surface area is 143 Å². The summed E-state index contributed by atoms with van der Waals surface area (Å²) in [5, 5.41) is 3.35. The van der Waals surface area contributed by atoms with Crippen LogP contribution in [-0.2, 0) is 17.8 Å². The van der Waals surface area contributed by atoms with Gasteiger partial charge in [0.15, 0.2) is 0 Å². The SMILES string of the molecule is COc1ccc(CC(=O)NCc2cc(=O)oc3cc(F)ccc23)cc1. The van der Waals surface area contributed by atoms with Crippen molar-refractivity contribution >= 4 is 16.9 Å². The molecule has 25 heavy (non-hydrogen) atoms. The summed E-state index contributed by atoms with van der Waals surface area (Å²) in [6, 6.07) is 12.5. The first-order chi connectivity index (χ1) is 12.0. The predicted octanol–water partition coefficient (Wildman–Crippen LogP) is 2.80. The van der Waals surface area contributed by atoms with Crippen molar-refractivity contribution in [3.05, 3.63) is 75.9 Å². The van der Waals surface area contributed by atoms with E-state index in [4.69, 9.17) is 9.15 Å². The average molecular weight is 341 g/mol. The Hall–Kier alpha value is -3.15. The highest BCUT2D eigenvalue weighted by molar-refractivity contribution is 5.82. The molecular formula is C19H16FNO4. The summed E-state index contributed by atoms with van der Waals surface area (Å²) in [4.78, 5) is 23.7. The van der Waals surface area contributed by atoms with Crippen LogP contribution in [0.3, 0.4) is 0 Å². The van der Waals surface area contributed by atoms with Crippen molar-refractivity contribution < 1.29 is 18.3 Å². The predicted molar refractivity (Wildman–Crippen MR) is 91.0 cm³/mol. The zero-order valence-electron chi connectivity index (χ0n) is 13.5. The Kier molecular flexibility index (Phi) is 4.79. The summed E-state index contributed by atoms with van der Waals surface area (Å²) in [6.07, 6.45) is 0.206. The lowest BCUT2D eigenvalue weighted by molar-refractivity contribution is -0.120. The van der Waals surface area contributed by atoms with Crippen LogP contribution in [0.15, 0.2) is 57.7 Å². The van der Waals surface area contributed by atoms with Crippen molar-refractivity contribution in [2.75, 3.05) is 7.11 Å². The molecule has 0 unspecified atom stereocenters. The zero-order valence-corrected chi connectivity index (χ0v) is 13.5. The number of carbonyl (C=O) groups is 1. The second kappa shape index (κ2) is 7.17. The topological polar surface area (TPSA) is 68.5 Å². The van der Waals surface area contributed by atoms with Gasteiger partial charge in [0.05, 0.1) is 13.5 Å². The minimum absolute atomic E-state index is 0.155. The number of nitrogens with one attached hydrogen (secondary N) is 1. The number of rotatable bonds is 5. The number of benzene rings is 2. The smallest absolute Gasteiger partial charge is 0.336 e. The molecule has 128 valence electrons. The van der Waals surface area contributed by atoms with Crippen LogP contribution in [0.2, 0.25) is 0 Å². The lowest BCUT2D eigenvalue weighted by atomic mass is 10.1. The van der Waals surface area contributed by atoms with Crippen LogP contribution in [0.1, 0.15) is 11.1 Å². The number of fused-ring (bicyclic) bond motifs is 1. The minimum atomic E-state index is -0.586. The zero-order chi connectivity index (χ0) is 17.8. The first kappa shape index (κ1) is 16.7. The van der Waals surface area contributed by atoms with Crippen LogP contribution in [-0.4, -0.2) is 13.0 Å². The van der Waals surface area contributed by atoms with E-state index in [0.29, 0.717) is 10.9 Å². The Morgan fingerprint density at radius 2 is 1.92 bits per heavy atom. The largest absolute Gasteiger partial charge is 0.497 e. The van der Waals surface area contributed by atoms with E-state index in [1.54, 1.807) is 19.2 Å². The van der Waals surface area contributed by atoms with Crippen LogP contribution < -0.4 is 15.7 Å². The van der Waals surface area contributed by atoms with E-state index in [-0.39, 0.29) is 24.5 Å². The van der Waals surface area contributed by atoms with E-state index in [2.05, 4.69) is 5.32 Å². The molecule has 2 aromatic carbocycles. The molecule has 3 rings (SSSR count). The summed E-state index contributed by atoms with van der Waals surface area (Å²) in [6.45, 7) is 0.155. The van der Waals surface area contributed by atoms with Crippen molar-refractivity contribution in [3.8, 4) is 5.75 Å². The maximum absolute atomic E-state index is 13.3. The Morgan fingerprint density at radius 3 is 2.64 bits per heavy atom. The molecule has 5 nitrogen and oxygen atoms in total. The maximum Gasteiger partial charge on any atom is 0.336 e. The van der Waals surface area contributed by atoms with Gasteiger partial charge in [0, 0.05) is 24.1 Å². The normalized spacial score (nSPS) is 10.6. The van der Waals surface area contributed by atoms with Gasteiger partial charge in [0.2, 0.25) is 5.91 Å². The molecule has 3 aromatic rings. The summed E-state index contributed by atoms with van der Waals surface area (Å²) in [5.74, 6) is 0.0453. The van der Waals surface area contributed by atoms with Gasteiger partial charge in [-0.1, -0.05) is 12.1 Å². The molecule has 1 heterocycles. The van der Waals surface area contributed by atoms with E-state index < -0.39 is 11.4 Å². The van der Waals surface area contributed by atoms with Gasteiger partial charge in [-0.25, -0.2) is 9.18 Å². The minimum Gasteiger partial charge on any atom is -0.497 e. The van der Waals surface area contributed by atoms with E-state index in [1.165, 1.54) is 18.2 Å². The van der Waals surface area contributed by atoms with Gasteiger partial charge < -0.3 is 14.5 Å². The van der Waals surface area contributed by atoms with Crippen LogP contribution in [0.4, 0.5) is 4.39 Å². The number of halogens is 1. The third kappa shape index (κ3) is 4.03. The Bertz CT molecular complexity index is 963. The molecule has 0 bridgehead atoms. The summed E-state index contributed by atoms with van der Waals surface area (Å²) in [5.41, 5.74) is 0.997. The fourth-order valence-electron chi connectivity index (χ4n) is 2.54. The second-order valence-electron chi connectivity index (χ2n) is 5.53.